The Morgan fingerprint density at radius 1 is 1.07 bits per heavy atom. The third-order valence-corrected chi connectivity index (χ3v) is 7.42. The van der Waals surface area contributed by atoms with Crippen molar-refractivity contribution in [2.45, 2.75) is 32.5 Å². The fourth-order valence-electron chi connectivity index (χ4n) is 4.71. The number of likely N-dealkylation sites (N-methyl/N-ethyl adjacent to an activating group) is 1. The van der Waals surface area contributed by atoms with E-state index in [1.54, 1.807) is 30.0 Å². The molecule has 9 nitrogen and oxygen atoms in total. The zero-order chi connectivity index (χ0) is 28.9. The minimum absolute atomic E-state index is 0.110. The molecule has 0 aliphatic carbocycles. The number of amides is 1. The Balaban J connectivity index is 1.54. The Morgan fingerprint density at radius 2 is 1.75 bits per heavy atom. The summed E-state index contributed by atoms with van der Waals surface area (Å²) in [4.78, 5) is 17.3. The summed E-state index contributed by atoms with van der Waals surface area (Å²) in [6.45, 7) is 5.14. The first-order valence-corrected chi connectivity index (χ1v) is 15.1. The van der Waals surface area contributed by atoms with Crippen LogP contribution < -0.4 is 14.2 Å². The summed E-state index contributed by atoms with van der Waals surface area (Å²) in [5.74, 6) is 1.29. The van der Waals surface area contributed by atoms with E-state index < -0.39 is 16.1 Å². The number of anilines is 1. The smallest absolute Gasteiger partial charge is 0.258 e. The number of ether oxygens (including phenoxy) is 2. The van der Waals surface area contributed by atoms with Crippen LogP contribution in [0, 0.1) is 5.92 Å². The molecule has 3 aromatic carbocycles. The maximum atomic E-state index is 13.5. The molecule has 1 amide bonds. The highest BCUT2D eigenvalue weighted by Crippen LogP contribution is 2.35. The average Bonchev–Trinajstić information content (AvgIpc) is 2.91. The minimum atomic E-state index is -3.62. The van der Waals surface area contributed by atoms with Crippen LogP contribution in [0.3, 0.4) is 0 Å². The second-order valence-corrected chi connectivity index (χ2v) is 12.2. The Kier molecular flexibility index (Phi) is 9.34. The number of aliphatic hydroxyl groups excluding tert-OH is 1. The van der Waals surface area contributed by atoms with Crippen LogP contribution in [-0.4, -0.2) is 74.4 Å². The molecule has 0 spiro atoms. The highest BCUT2D eigenvalue weighted by atomic mass is 32.2. The minimum Gasteiger partial charge on any atom is -0.486 e. The van der Waals surface area contributed by atoms with Gasteiger partial charge < -0.3 is 19.5 Å². The molecule has 0 saturated heterocycles. The van der Waals surface area contributed by atoms with Crippen LogP contribution in [-0.2, 0) is 16.6 Å². The molecular weight excluding hydrogens is 530 g/mol. The van der Waals surface area contributed by atoms with Gasteiger partial charge in [0, 0.05) is 25.6 Å². The van der Waals surface area contributed by atoms with Crippen molar-refractivity contribution in [1.29, 1.82) is 0 Å². The number of sulfonamides is 1. The average molecular weight is 568 g/mol. The lowest BCUT2D eigenvalue weighted by molar-refractivity contribution is 0.0344. The highest BCUT2D eigenvalue weighted by Gasteiger charge is 2.34. The van der Waals surface area contributed by atoms with Gasteiger partial charge in [0.05, 0.1) is 30.2 Å². The van der Waals surface area contributed by atoms with Gasteiger partial charge in [0.15, 0.2) is 5.75 Å². The van der Waals surface area contributed by atoms with Crippen molar-refractivity contribution >= 4 is 21.6 Å². The second kappa shape index (κ2) is 12.7. The third kappa shape index (κ3) is 7.53. The Morgan fingerprint density at radius 3 is 2.40 bits per heavy atom. The van der Waals surface area contributed by atoms with E-state index >= 15 is 0 Å². The van der Waals surface area contributed by atoms with Crippen LogP contribution in [0.15, 0.2) is 72.8 Å². The first-order valence-electron chi connectivity index (χ1n) is 13.2. The fraction of sp³-hybridized carbons (Fsp3) is 0.367. The van der Waals surface area contributed by atoms with E-state index in [-0.39, 0.29) is 41.5 Å². The molecule has 0 bridgehead atoms. The molecule has 0 unspecified atom stereocenters. The molecule has 3 aromatic rings. The van der Waals surface area contributed by atoms with Gasteiger partial charge >= 0.3 is 0 Å². The molecule has 40 heavy (non-hydrogen) atoms. The van der Waals surface area contributed by atoms with E-state index in [1.165, 1.54) is 0 Å². The molecule has 214 valence electrons. The lowest BCUT2D eigenvalue weighted by Crippen LogP contribution is -2.49. The lowest BCUT2D eigenvalue weighted by Gasteiger charge is -2.38. The molecule has 3 atom stereocenters. The van der Waals surface area contributed by atoms with E-state index in [9.17, 15) is 18.3 Å². The summed E-state index contributed by atoms with van der Waals surface area (Å²) in [5.41, 5.74) is 1.55. The van der Waals surface area contributed by atoms with Crippen LogP contribution >= 0.6 is 0 Å². The van der Waals surface area contributed by atoms with E-state index in [2.05, 4.69) is 9.62 Å². The van der Waals surface area contributed by atoms with E-state index in [0.29, 0.717) is 19.6 Å². The van der Waals surface area contributed by atoms with Gasteiger partial charge in [0.1, 0.15) is 17.6 Å². The summed E-state index contributed by atoms with van der Waals surface area (Å²) in [7, 11) is -1.63. The molecule has 1 heterocycles. The summed E-state index contributed by atoms with van der Waals surface area (Å²) in [6.07, 6.45) is 0.690. The van der Waals surface area contributed by atoms with Crippen LogP contribution in [0.25, 0.3) is 0 Å². The van der Waals surface area contributed by atoms with Crippen molar-refractivity contribution in [1.82, 2.24) is 9.80 Å². The van der Waals surface area contributed by atoms with Gasteiger partial charge in [0.25, 0.3) is 5.91 Å². The number of carbonyl (C=O) groups excluding carboxylic acids is 1. The summed E-state index contributed by atoms with van der Waals surface area (Å²) >= 11 is 0. The zero-order valence-electron chi connectivity index (χ0n) is 23.3. The number of para-hydroxylation sites is 2. The van der Waals surface area contributed by atoms with Crippen LogP contribution in [0.1, 0.15) is 29.8 Å². The monoisotopic (exact) mass is 567 g/mol. The number of aliphatic hydroxyl groups is 1. The Labute approximate surface area is 236 Å². The molecule has 0 saturated carbocycles. The number of carbonyl (C=O) groups is 1. The molecule has 1 aliphatic rings. The maximum Gasteiger partial charge on any atom is 0.258 e. The number of benzene rings is 3. The predicted octanol–water partition coefficient (Wildman–Crippen LogP) is 4.20. The Bertz CT molecular complexity index is 1400. The number of nitrogens with zero attached hydrogens (tertiary/aromatic N) is 2. The normalized spacial score (nSPS) is 18.4. The van der Waals surface area contributed by atoms with Crippen molar-refractivity contribution in [3.8, 4) is 17.2 Å². The standard InChI is InChI=1S/C30H37N3O6S/c1-21-17-33(22(2)20-34)30(35)26-11-8-12-27(31-40(4,36)37)29(26)39-28(21)19-32(3)18-23-13-15-25(16-14-23)38-24-9-6-5-7-10-24/h5-16,21-22,28,31,34H,17-20H2,1-4H3/t21-,22-,28-/m0/s1. The van der Waals surface area contributed by atoms with E-state index in [4.69, 9.17) is 9.47 Å². The van der Waals surface area contributed by atoms with Gasteiger partial charge in [-0.25, -0.2) is 8.42 Å². The molecule has 4 rings (SSSR count). The summed E-state index contributed by atoms with van der Waals surface area (Å²) in [6, 6.07) is 21.9. The second-order valence-electron chi connectivity index (χ2n) is 10.4. The topological polar surface area (TPSA) is 108 Å². The van der Waals surface area contributed by atoms with Crippen LogP contribution in [0.2, 0.25) is 0 Å². The van der Waals surface area contributed by atoms with Crippen molar-refractivity contribution in [2.24, 2.45) is 5.92 Å². The van der Waals surface area contributed by atoms with Gasteiger partial charge in [0.2, 0.25) is 10.0 Å². The van der Waals surface area contributed by atoms with Gasteiger partial charge in [-0.3, -0.25) is 14.4 Å². The van der Waals surface area contributed by atoms with Crippen molar-refractivity contribution < 1.29 is 27.8 Å². The summed E-state index contributed by atoms with van der Waals surface area (Å²) < 4.78 is 39.0. The quantitative estimate of drug-likeness (QED) is 0.378. The van der Waals surface area contributed by atoms with Gasteiger partial charge in [-0.15, -0.1) is 0 Å². The third-order valence-electron chi connectivity index (χ3n) is 6.83. The fourth-order valence-corrected chi connectivity index (χ4v) is 5.27. The molecule has 0 fully saturated rings. The van der Waals surface area contributed by atoms with Crippen molar-refractivity contribution in [3.63, 3.8) is 0 Å². The van der Waals surface area contributed by atoms with Crippen LogP contribution in [0.5, 0.6) is 17.2 Å². The highest BCUT2D eigenvalue weighted by molar-refractivity contribution is 7.92. The van der Waals surface area contributed by atoms with E-state index in [1.807, 2.05) is 68.6 Å². The van der Waals surface area contributed by atoms with Gasteiger partial charge in [-0.1, -0.05) is 43.3 Å². The molecule has 0 aromatic heterocycles. The number of fused-ring (bicyclic) bond motifs is 1. The number of hydrogen-bond acceptors (Lipinski definition) is 7. The van der Waals surface area contributed by atoms with E-state index in [0.717, 1.165) is 23.3 Å². The Hall–Kier alpha value is -3.60. The van der Waals surface area contributed by atoms with Crippen LogP contribution in [0.4, 0.5) is 5.69 Å². The molecule has 0 radical (unpaired) electrons. The van der Waals surface area contributed by atoms with Gasteiger partial charge in [-0.2, -0.15) is 0 Å². The van der Waals surface area contributed by atoms with Crippen molar-refractivity contribution in [3.05, 3.63) is 83.9 Å². The lowest BCUT2D eigenvalue weighted by atomic mass is 9.99. The van der Waals surface area contributed by atoms with Gasteiger partial charge in [-0.05, 0) is 55.9 Å². The number of hydrogen-bond donors (Lipinski definition) is 2. The SMILES string of the molecule is C[C@H]1CN([C@@H](C)CO)C(=O)c2cccc(NS(C)(=O)=O)c2O[C@H]1CN(C)Cc1ccc(Oc2ccccc2)cc1. The number of rotatable bonds is 10. The number of nitrogens with one attached hydrogen (secondary N) is 1. The van der Waals surface area contributed by atoms with Crippen molar-refractivity contribution in [2.75, 3.05) is 37.7 Å². The zero-order valence-corrected chi connectivity index (χ0v) is 24.1. The summed E-state index contributed by atoms with van der Waals surface area (Å²) in [5, 5.41) is 9.85. The maximum absolute atomic E-state index is 13.5. The molecule has 1 aliphatic heterocycles. The predicted molar refractivity (Wildman–Crippen MR) is 155 cm³/mol. The molecule has 2 N–H and O–H groups in total. The first kappa shape index (κ1) is 29.4. The largest absolute Gasteiger partial charge is 0.486 e. The molecule has 10 heteroatoms. The first-order chi connectivity index (χ1) is 19.0. The molecular formula is C30H37N3O6S.